The Kier molecular flexibility index (Phi) is 3.92. The standard InChI is InChI=1S/C12H8F3N3O3/c13-12(14,15)21-9-3-1-8(2-4-9)17-10-5-6-16-7-11(10)18(19)20/h1-7H,(H,16,17). The van der Waals surface area contributed by atoms with E-state index in [0.29, 0.717) is 5.69 Å². The Morgan fingerprint density at radius 1 is 1.19 bits per heavy atom. The average Bonchev–Trinajstić information content (AvgIpc) is 2.40. The van der Waals surface area contributed by atoms with Gasteiger partial charge in [0.05, 0.1) is 4.92 Å². The fraction of sp³-hybridized carbons (Fsp3) is 0.0833. The molecule has 1 N–H and O–H groups in total. The van der Waals surface area contributed by atoms with Crippen molar-refractivity contribution >= 4 is 17.1 Å². The first kappa shape index (κ1) is 14.6. The van der Waals surface area contributed by atoms with Gasteiger partial charge in [-0.2, -0.15) is 0 Å². The average molecular weight is 299 g/mol. The van der Waals surface area contributed by atoms with Gasteiger partial charge in [-0.3, -0.25) is 15.1 Å². The Balaban J connectivity index is 2.16. The lowest BCUT2D eigenvalue weighted by molar-refractivity contribution is -0.384. The van der Waals surface area contributed by atoms with Gasteiger partial charge in [-0.05, 0) is 30.3 Å². The minimum Gasteiger partial charge on any atom is -0.406 e. The summed E-state index contributed by atoms with van der Waals surface area (Å²) < 4.78 is 39.8. The smallest absolute Gasteiger partial charge is 0.406 e. The maximum absolute atomic E-state index is 12.0. The fourth-order valence-electron chi connectivity index (χ4n) is 1.53. The Labute approximate surface area is 116 Å². The molecule has 0 unspecified atom stereocenters. The zero-order valence-corrected chi connectivity index (χ0v) is 10.3. The van der Waals surface area contributed by atoms with Crippen molar-refractivity contribution < 1.29 is 22.8 Å². The maximum atomic E-state index is 12.0. The second-order valence-electron chi connectivity index (χ2n) is 3.85. The Bertz CT molecular complexity index is 644. The van der Waals surface area contributed by atoms with Crippen LogP contribution in [0.1, 0.15) is 0 Å². The summed E-state index contributed by atoms with van der Waals surface area (Å²) in [7, 11) is 0. The number of hydrogen-bond donors (Lipinski definition) is 1. The van der Waals surface area contributed by atoms with Crippen molar-refractivity contribution in [3.63, 3.8) is 0 Å². The molecule has 1 aromatic carbocycles. The molecule has 2 rings (SSSR count). The lowest BCUT2D eigenvalue weighted by Crippen LogP contribution is -2.16. The molecular weight excluding hydrogens is 291 g/mol. The van der Waals surface area contributed by atoms with Gasteiger partial charge in [0.15, 0.2) is 0 Å². The zero-order valence-electron chi connectivity index (χ0n) is 10.3. The van der Waals surface area contributed by atoms with E-state index in [2.05, 4.69) is 15.0 Å². The first-order chi connectivity index (χ1) is 9.85. The normalized spacial score (nSPS) is 11.0. The molecule has 1 heterocycles. The molecule has 0 atom stereocenters. The van der Waals surface area contributed by atoms with Crippen LogP contribution in [0.2, 0.25) is 0 Å². The van der Waals surface area contributed by atoms with Gasteiger partial charge in [-0.25, -0.2) is 0 Å². The summed E-state index contributed by atoms with van der Waals surface area (Å²) in [5, 5.41) is 13.5. The number of pyridine rings is 1. The summed E-state index contributed by atoms with van der Waals surface area (Å²) in [6.07, 6.45) is -2.33. The number of aromatic nitrogens is 1. The number of nitrogens with one attached hydrogen (secondary N) is 1. The summed E-state index contributed by atoms with van der Waals surface area (Å²) in [5.41, 5.74) is 0.312. The number of nitro groups is 1. The highest BCUT2D eigenvalue weighted by atomic mass is 19.4. The third-order valence-electron chi connectivity index (χ3n) is 2.36. The van der Waals surface area contributed by atoms with Crippen LogP contribution in [0.4, 0.5) is 30.2 Å². The van der Waals surface area contributed by atoms with E-state index in [1.54, 1.807) is 0 Å². The molecule has 0 aliphatic heterocycles. The van der Waals surface area contributed by atoms with Crippen LogP contribution in [0.25, 0.3) is 0 Å². The predicted octanol–water partition coefficient (Wildman–Crippen LogP) is 3.63. The van der Waals surface area contributed by atoms with Gasteiger partial charge in [0.25, 0.3) is 0 Å². The van der Waals surface area contributed by atoms with Crippen LogP contribution >= 0.6 is 0 Å². The van der Waals surface area contributed by atoms with E-state index in [1.807, 2.05) is 0 Å². The molecule has 2 aromatic rings. The molecule has 0 spiro atoms. The van der Waals surface area contributed by atoms with E-state index in [0.717, 1.165) is 18.3 Å². The number of alkyl halides is 3. The van der Waals surface area contributed by atoms with Crippen LogP contribution in [0.15, 0.2) is 42.7 Å². The SMILES string of the molecule is O=[N+]([O-])c1cnccc1Nc1ccc(OC(F)(F)F)cc1. The van der Waals surface area contributed by atoms with Crippen LogP contribution in [0.3, 0.4) is 0 Å². The lowest BCUT2D eigenvalue weighted by Gasteiger charge is -2.10. The molecular formula is C12H8F3N3O3. The van der Waals surface area contributed by atoms with Crippen molar-refractivity contribution in [1.82, 2.24) is 4.98 Å². The van der Waals surface area contributed by atoms with Gasteiger partial charge in [-0.1, -0.05) is 0 Å². The van der Waals surface area contributed by atoms with Gasteiger partial charge >= 0.3 is 12.0 Å². The van der Waals surface area contributed by atoms with Crippen LogP contribution in [-0.2, 0) is 0 Å². The molecule has 0 radical (unpaired) electrons. The quantitative estimate of drug-likeness (QED) is 0.689. The summed E-state index contributed by atoms with van der Waals surface area (Å²) in [6, 6.07) is 6.21. The number of ether oxygens (including phenoxy) is 1. The van der Waals surface area contributed by atoms with E-state index in [-0.39, 0.29) is 17.1 Å². The summed E-state index contributed by atoms with van der Waals surface area (Å²) in [4.78, 5) is 13.8. The molecule has 0 aliphatic rings. The van der Waals surface area contributed by atoms with Crippen LogP contribution in [0.5, 0.6) is 5.75 Å². The zero-order chi connectivity index (χ0) is 15.5. The number of halogens is 3. The lowest BCUT2D eigenvalue weighted by atomic mass is 10.2. The third-order valence-corrected chi connectivity index (χ3v) is 2.36. The first-order valence-corrected chi connectivity index (χ1v) is 5.56. The van der Waals surface area contributed by atoms with Gasteiger partial charge in [0.1, 0.15) is 17.6 Å². The van der Waals surface area contributed by atoms with Gasteiger partial charge in [-0.15, -0.1) is 13.2 Å². The van der Waals surface area contributed by atoms with Gasteiger partial charge < -0.3 is 10.1 Å². The number of rotatable bonds is 4. The van der Waals surface area contributed by atoms with Crippen LogP contribution < -0.4 is 10.1 Å². The molecule has 0 amide bonds. The molecule has 1 aromatic heterocycles. The molecule has 9 heteroatoms. The highest BCUT2D eigenvalue weighted by Gasteiger charge is 2.30. The topological polar surface area (TPSA) is 77.3 Å². The second kappa shape index (κ2) is 5.65. The molecule has 0 bridgehead atoms. The van der Waals surface area contributed by atoms with E-state index in [4.69, 9.17) is 0 Å². The maximum Gasteiger partial charge on any atom is 0.573 e. The Hall–Kier alpha value is -2.84. The van der Waals surface area contributed by atoms with Crippen molar-refractivity contribution in [3.05, 3.63) is 52.8 Å². The summed E-state index contributed by atoms with van der Waals surface area (Å²) in [5.74, 6) is -0.378. The van der Waals surface area contributed by atoms with E-state index in [9.17, 15) is 23.3 Å². The minimum atomic E-state index is -4.77. The van der Waals surface area contributed by atoms with Crippen LogP contribution in [-0.4, -0.2) is 16.3 Å². The number of hydrogen-bond acceptors (Lipinski definition) is 5. The largest absolute Gasteiger partial charge is 0.573 e. The highest BCUT2D eigenvalue weighted by Crippen LogP contribution is 2.28. The van der Waals surface area contributed by atoms with Crippen molar-refractivity contribution in [2.75, 3.05) is 5.32 Å². The molecule has 0 saturated carbocycles. The summed E-state index contributed by atoms with van der Waals surface area (Å²) >= 11 is 0. The Morgan fingerprint density at radius 3 is 2.43 bits per heavy atom. The highest BCUT2D eigenvalue weighted by molar-refractivity contribution is 5.68. The van der Waals surface area contributed by atoms with Crippen molar-refractivity contribution in [2.24, 2.45) is 0 Å². The van der Waals surface area contributed by atoms with Crippen molar-refractivity contribution in [1.29, 1.82) is 0 Å². The number of anilines is 2. The van der Waals surface area contributed by atoms with Crippen LogP contribution in [0, 0.1) is 10.1 Å². The van der Waals surface area contributed by atoms with E-state index >= 15 is 0 Å². The Morgan fingerprint density at radius 2 is 1.86 bits per heavy atom. The molecule has 0 fully saturated rings. The third kappa shape index (κ3) is 4.06. The molecule has 6 nitrogen and oxygen atoms in total. The van der Waals surface area contributed by atoms with Gasteiger partial charge in [0.2, 0.25) is 0 Å². The molecule has 21 heavy (non-hydrogen) atoms. The van der Waals surface area contributed by atoms with Crippen molar-refractivity contribution in [3.8, 4) is 5.75 Å². The first-order valence-electron chi connectivity index (χ1n) is 5.56. The predicted molar refractivity (Wildman–Crippen MR) is 67.3 cm³/mol. The minimum absolute atomic E-state index is 0.180. The van der Waals surface area contributed by atoms with Gasteiger partial charge in [0, 0.05) is 11.9 Å². The summed E-state index contributed by atoms with van der Waals surface area (Å²) in [6.45, 7) is 0. The van der Waals surface area contributed by atoms with E-state index < -0.39 is 11.3 Å². The second-order valence-corrected chi connectivity index (χ2v) is 3.85. The van der Waals surface area contributed by atoms with Crippen molar-refractivity contribution in [2.45, 2.75) is 6.36 Å². The molecule has 0 aliphatic carbocycles. The fourth-order valence-corrected chi connectivity index (χ4v) is 1.53. The number of nitrogens with zero attached hydrogens (tertiary/aromatic N) is 2. The monoisotopic (exact) mass is 299 g/mol. The van der Waals surface area contributed by atoms with E-state index in [1.165, 1.54) is 24.4 Å². The molecule has 0 saturated heterocycles. The number of benzene rings is 1. The molecule has 110 valence electrons.